The van der Waals surface area contributed by atoms with Crippen molar-refractivity contribution in [2.24, 2.45) is 11.8 Å². The molecule has 3 heterocycles. The Bertz CT molecular complexity index is 1330. The number of carbonyl (C=O) groups excluding carboxylic acids is 1. The van der Waals surface area contributed by atoms with Gasteiger partial charge in [-0.05, 0) is 56.4 Å². The highest BCUT2D eigenvalue weighted by molar-refractivity contribution is 7.99. The third-order valence-corrected chi connectivity index (χ3v) is 7.98. The number of hydrogen-bond acceptors (Lipinski definition) is 5. The Morgan fingerprint density at radius 2 is 1.97 bits per heavy atom. The lowest BCUT2D eigenvalue weighted by Crippen LogP contribution is -2.40. The molecule has 2 aromatic carbocycles. The van der Waals surface area contributed by atoms with E-state index in [1.54, 1.807) is 24.2 Å². The molecule has 6 rings (SSSR count). The minimum Gasteiger partial charge on any atom is -0.334 e. The van der Waals surface area contributed by atoms with Crippen LogP contribution in [0.4, 0.5) is 0 Å². The van der Waals surface area contributed by atoms with Gasteiger partial charge in [0, 0.05) is 24.9 Å². The van der Waals surface area contributed by atoms with Crippen molar-refractivity contribution in [2.45, 2.75) is 38.0 Å². The van der Waals surface area contributed by atoms with Gasteiger partial charge in [0.15, 0.2) is 5.16 Å². The summed E-state index contributed by atoms with van der Waals surface area (Å²) in [5.74, 6) is 2.16. The average molecular weight is 459 g/mol. The lowest BCUT2D eigenvalue weighted by molar-refractivity contribution is 0.0722. The molecule has 7 nitrogen and oxygen atoms in total. The molecule has 3 unspecified atom stereocenters. The van der Waals surface area contributed by atoms with Gasteiger partial charge in [-0.1, -0.05) is 35.5 Å². The third-order valence-electron chi connectivity index (χ3n) is 6.90. The van der Waals surface area contributed by atoms with E-state index < -0.39 is 0 Å². The zero-order chi connectivity index (χ0) is 22.5. The fourth-order valence-electron chi connectivity index (χ4n) is 5.14. The number of thioether (sulfide) groups is 1. The molecule has 3 atom stereocenters. The number of benzene rings is 2. The number of carbonyl (C=O) groups is 1. The first kappa shape index (κ1) is 20.5. The molecule has 168 valence electrons. The van der Waals surface area contributed by atoms with Crippen LogP contribution in [-0.4, -0.2) is 53.7 Å². The first-order valence-corrected chi connectivity index (χ1v) is 12.5. The van der Waals surface area contributed by atoms with E-state index in [-0.39, 0.29) is 11.9 Å². The zero-order valence-electron chi connectivity index (χ0n) is 18.8. The van der Waals surface area contributed by atoms with Gasteiger partial charge in [0.2, 0.25) is 0 Å². The van der Waals surface area contributed by atoms with Crippen LogP contribution in [0.1, 0.15) is 29.3 Å². The van der Waals surface area contributed by atoms with Gasteiger partial charge >= 0.3 is 0 Å². The van der Waals surface area contributed by atoms with Crippen molar-refractivity contribution < 1.29 is 4.79 Å². The van der Waals surface area contributed by atoms with Gasteiger partial charge in [-0.15, -0.1) is 0 Å². The van der Waals surface area contributed by atoms with E-state index in [9.17, 15) is 4.79 Å². The molecule has 2 aliphatic rings. The molecule has 2 aromatic heterocycles. The molecule has 33 heavy (non-hydrogen) atoms. The molecule has 0 bridgehead atoms. The number of para-hydroxylation sites is 2. The molecular formula is C25H26N6OS. The maximum atomic E-state index is 13.8. The summed E-state index contributed by atoms with van der Waals surface area (Å²) in [5, 5.41) is 9.56. The first-order valence-electron chi connectivity index (χ1n) is 11.5. The maximum absolute atomic E-state index is 13.8. The maximum Gasteiger partial charge on any atom is 0.256 e. The Hall–Kier alpha value is -3.13. The highest BCUT2D eigenvalue weighted by Crippen LogP contribution is 2.51. The van der Waals surface area contributed by atoms with Gasteiger partial charge in [0.1, 0.15) is 0 Å². The summed E-state index contributed by atoms with van der Waals surface area (Å²) in [4.78, 5) is 22.3. The Kier molecular flexibility index (Phi) is 4.98. The molecule has 4 aromatic rings. The van der Waals surface area contributed by atoms with Crippen molar-refractivity contribution >= 4 is 28.7 Å². The highest BCUT2D eigenvalue weighted by Gasteiger charge is 2.54. The molecule has 1 aliphatic carbocycles. The number of likely N-dealkylation sites (tertiary alicyclic amines) is 1. The lowest BCUT2D eigenvalue weighted by Gasteiger charge is -2.28. The summed E-state index contributed by atoms with van der Waals surface area (Å²) in [6.07, 6.45) is 4.50. The molecule has 1 saturated heterocycles. The molecule has 1 amide bonds. The second-order valence-corrected chi connectivity index (χ2v) is 9.95. The number of imidazole rings is 1. The van der Waals surface area contributed by atoms with Crippen molar-refractivity contribution in [1.29, 1.82) is 0 Å². The largest absolute Gasteiger partial charge is 0.334 e. The minimum atomic E-state index is 0.0767. The van der Waals surface area contributed by atoms with Gasteiger partial charge in [-0.3, -0.25) is 4.79 Å². The number of rotatable bonds is 6. The predicted molar refractivity (Wildman–Crippen MR) is 129 cm³/mol. The van der Waals surface area contributed by atoms with Crippen molar-refractivity contribution in [3.8, 4) is 5.69 Å². The van der Waals surface area contributed by atoms with Crippen molar-refractivity contribution in [2.75, 3.05) is 12.3 Å². The quantitative estimate of drug-likeness (QED) is 0.405. The summed E-state index contributed by atoms with van der Waals surface area (Å²) in [7, 11) is 0. The van der Waals surface area contributed by atoms with Crippen molar-refractivity contribution in [3.63, 3.8) is 0 Å². The Morgan fingerprint density at radius 1 is 1.15 bits per heavy atom. The molecule has 2 fully saturated rings. The molecule has 0 radical (unpaired) electrons. The Balaban J connectivity index is 1.28. The minimum absolute atomic E-state index is 0.0767. The fourth-order valence-corrected chi connectivity index (χ4v) is 6.43. The molecule has 0 spiro atoms. The topological polar surface area (TPSA) is 68.8 Å². The monoisotopic (exact) mass is 458 g/mol. The molecule has 1 aliphatic heterocycles. The second kappa shape index (κ2) is 8.02. The van der Waals surface area contributed by atoms with E-state index in [1.165, 1.54) is 16.7 Å². The summed E-state index contributed by atoms with van der Waals surface area (Å²) < 4.78 is 2.27. The molecule has 1 saturated carbocycles. The van der Waals surface area contributed by atoms with E-state index in [2.05, 4.69) is 44.8 Å². The van der Waals surface area contributed by atoms with Crippen molar-refractivity contribution in [3.05, 3.63) is 66.0 Å². The third kappa shape index (κ3) is 3.53. The number of hydrogen-bond donors (Lipinski definition) is 0. The van der Waals surface area contributed by atoms with Gasteiger partial charge < -0.3 is 9.47 Å². The van der Waals surface area contributed by atoms with Gasteiger partial charge in [0.25, 0.3) is 5.91 Å². The predicted octanol–water partition coefficient (Wildman–Crippen LogP) is 4.20. The fraction of sp³-hybridized carbons (Fsp3) is 0.360. The summed E-state index contributed by atoms with van der Waals surface area (Å²) >= 11 is 1.77. The van der Waals surface area contributed by atoms with Crippen molar-refractivity contribution in [1.82, 2.24) is 29.4 Å². The molecule has 0 N–H and O–H groups in total. The molecule has 8 heteroatoms. The van der Waals surface area contributed by atoms with Crippen LogP contribution in [0.25, 0.3) is 16.7 Å². The van der Waals surface area contributed by atoms with Crippen LogP contribution in [0.2, 0.25) is 0 Å². The smallest absolute Gasteiger partial charge is 0.256 e. The van der Waals surface area contributed by atoms with E-state index in [1.807, 2.05) is 31.2 Å². The number of amides is 1. The van der Waals surface area contributed by atoms with Crippen LogP contribution in [0.15, 0.2) is 60.0 Å². The Labute approximate surface area is 196 Å². The van der Waals surface area contributed by atoms with E-state index >= 15 is 0 Å². The zero-order valence-corrected chi connectivity index (χ0v) is 19.6. The van der Waals surface area contributed by atoms with Gasteiger partial charge in [-0.25, -0.2) is 4.98 Å². The summed E-state index contributed by atoms with van der Waals surface area (Å²) in [6.45, 7) is 5.88. The summed E-state index contributed by atoms with van der Waals surface area (Å²) in [6, 6.07) is 14.4. The number of aryl methyl sites for hydroxylation is 2. The van der Waals surface area contributed by atoms with Crippen LogP contribution in [0.5, 0.6) is 0 Å². The van der Waals surface area contributed by atoms with E-state index in [0.29, 0.717) is 17.4 Å². The van der Waals surface area contributed by atoms with Crippen LogP contribution in [0, 0.1) is 18.8 Å². The van der Waals surface area contributed by atoms with Gasteiger partial charge in [0.05, 0.1) is 34.7 Å². The number of nitrogens with zero attached hydrogens (tertiary/aromatic N) is 6. The Morgan fingerprint density at radius 3 is 2.79 bits per heavy atom. The van der Waals surface area contributed by atoms with E-state index in [0.717, 1.165) is 40.8 Å². The standard InChI is InChI=1S/C25H26N6OS/c1-3-29-22-7-5-4-6-20(22)28-25(29)33-15-23-18-13-17(18)14-30(23)24(32)19-12-16(2)8-9-21(19)31-26-10-11-27-31/h4-12,17-18,23H,3,13-15H2,1-2H3. The van der Waals surface area contributed by atoms with Crippen LogP contribution in [-0.2, 0) is 6.54 Å². The lowest BCUT2D eigenvalue weighted by atomic mass is 10.1. The van der Waals surface area contributed by atoms with Gasteiger partial charge in [-0.2, -0.15) is 15.0 Å². The first-order chi connectivity index (χ1) is 16.1. The SMILES string of the molecule is CCn1c(SCC2C3CC3CN2C(=O)c2cc(C)ccc2-n2nccn2)nc2ccccc21. The summed E-state index contributed by atoms with van der Waals surface area (Å²) in [5.41, 5.74) is 4.66. The van der Waals surface area contributed by atoms with Crippen LogP contribution in [0.3, 0.4) is 0 Å². The second-order valence-electron chi connectivity index (χ2n) is 8.96. The highest BCUT2D eigenvalue weighted by atomic mass is 32.2. The van der Waals surface area contributed by atoms with Crippen LogP contribution < -0.4 is 0 Å². The van der Waals surface area contributed by atoms with E-state index in [4.69, 9.17) is 4.98 Å². The molecular weight excluding hydrogens is 432 g/mol. The number of aromatic nitrogens is 5. The normalized spacial score (nSPS) is 21.5. The number of fused-ring (bicyclic) bond motifs is 2. The average Bonchev–Trinajstić information content (AvgIpc) is 3.19. The number of piperidine rings is 1. The van der Waals surface area contributed by atoms with Crippen LogP contribution >= 0.6 is 11.8 Å².